The summed E-state index contributed by atoms with van der Waals surface area (Å²) < 4.78 is 0. The molecular weight excluding hydrogens is 240 g/mol. The van der Waals surface area contributed by atoms with Gasteiger partial charge in [-0.3, -0.25) is 4.79 Å². The number of hydrogen-bond acceptors (Lipinski definition) is 2. The molecule has 3 rings (SSSR count). The lowest BCUT2D eigenvalue weighted by Crippen LogP contribution is -2.26. The summed E-state index contributed by atoms with van der Waals surface area (Å²) in [5, 5.41) is 9.31. The number of aromatic nitrogens is 2. The van der Waals surface area contributed by atoms with E-state index in [1.807, 2.05) is 0 Å². The summed E-state index contributed by atoms with van der Waals surface area (Å²) in [6.45, 7) is 2.27. The van der Waals surface area contributed by atoms with Crippen LogP contribution in [0.3, 0.4) is 0 Å². The lowest BCUT2D eigenvalue weighted by atomic mass is 9.75. The molecule has 4 heteroatoms. The van der Waals surface area contributed by atoms with E-state index in [0.717, 1.165) is 49.3 Å². The first-order valence-electron chi connectivity index (χ1n) is 7.42. The van der Waals surface area contributed by atoms with Crippen LogP contribution in [0.4, 0.5) is 0 Å². The zero-order valence-electron chi connectivity index (χ0n) is 11.5. The summed E-state index contributed by atoms with van der Waals surface area (Å²) in [4.78, 5) is 19.5. The Morgan fingerprint density at radius 2 is 2.05 bits per heavy atom. The van der Waals surface area contributed by atoms with Gasteiger partial charge in [-0.25, -0.2) is 4.98 Å². The largest absolute Gasteiger partial charge is 0.481 e. The number of hydrogen-bond donors (Lipinski definition) is 2. The van der Waals surface area contributed by atoms with Crippen molar-refractivity contribution in [1.29, 1.82) is 0 Å². The van der Waals surface area contributed by atoms with Gasteiger partial charge < -0.3 is 10.1 Å². The minimum absolute atomic E-state index is 0.124. The minimum atomic E-state index is -0.729. The highest BCUT2D eigenvalue weighted by Crippen LogP contribution is 2.40. The number of nitrogens with zero attached hydrogens (tertiary/aromatic N) is 1. The molecule has 0 amide bonds. The van der Waals surface area contributed by atoms with Gasteiger partial charge in [0.1, 0.15) is 11.7 Å². The second-order valence-corrected chi connectivity index (χ2v) is 6.35. The lowest BCUT2D eigenvalue weighted by Gasteiger charge is -2.31. The predicted molar refractivity (Wildman–Crippen MR) is 72.3 cm³/mol. The fourth-order valence-electron chi connectivity index (χ4n) is 3.62. The van der Waals surface area contributed by atoms with Gasteiger partial charge in [0.2, 0.25) is 0 Å². The molecule has 1 heterocycles. The smallest absolute Gasteiger partial charge is 0.312 e. The predicted octanol–water partition coefficient (Wildman–Crippen LogP) is 3.14. The van der Waals surface area contributed by atoms with Crippen LogP contribution in [-0.4, -0.2) is 21.0 Å². The van der Waals surface area contributed by atoms with Gasteiger partial charge in [0, 0.05) is 11.1 Å². The normalized spacial score (nSPS) is 25.8. The molecule has 1 saturated carbocycles. The number of imidazole rings is 1. The van der Waals surface area contributed by atoms with Crippen molar-refractivity contribution in [2.75, 3.05) is 0 Å². The third kappa shape index (κ3) is 2.17. The van der Waals surface area contributed by atoms with E-state index in [9.17, 15) is 9.90 Å². The van der Waals surface area contributed by atoms with E-state index in [1.54, 1.807) is 0 Å². The Bertz CT molecular complexity index is 486. The Balaban J connectivity index is 1.95. The molecule has 0 spiro atoms. The van der Waals surface area contributed by atoms with E-state index in [2.05, 4.69) is 11.9 Å². The Labute approximate surface area is 113 Å². The van der Waals surface area contributed by atoms with Crippen molar-refractivity contribution >= 4 is 5.97 Å². The second-order valence-electron chi connectivity index (χ2n) is 6.35. The van der Waals surface area contributed by atoms with Crippen molar-refractivity contribution in [3.8, 4) is 0 Å². The maximum atomic E-state index is 11.3. The van der Waals surface area contributed by atoms with Crippen LogP contribution in [0, 0.1) is 0 Å². The van der Waals surface area contributed by atoms with Crippen LogP contribution in [0.1, 0.15) is 75.0 Å². The van der Waals surface area contributed by atoms with Gasteiger partial charge in [-0.1, -0.05) is 26.2 Å². The first kappa shape index (κ1) is 12.7. The summed E-state index contributed by atoms with van der Waals surface area (Å²) in [5.41, 5.74) is 2.00. The molecule has 0 radical (unpaired) electrons. The summed E-state index contributed by atoms with van der Waals surface area (Å²) in [6.07, 6.45) is 8.77. The SMILES string of the molecule is CC1(c2nc3c([nH]2)CCCC3C(=O)O)CCCCC1. The average molecular weight is 262 g/mol. The standard InChI is InChI=1S/C15H22N2O2/c1-15(8-3-2-4-9-15)14-16-11-7-5-6-10(13(18)19)12(11)17-14/h10H,2-9H2,1H3,(H,16,17)(H,18,19). The molecule has 0 saturated heterocycles. The van der Waals surface area contributed by atoms with E-state index in [0.29, 0.717) is 0 Å². The van der Waals surface area contributed by atoms with Crippen LogP contribution in [0.5, 0.6) is 0 Å². The summed E-state index contributed by atoms with van der Waals surface area (Å²) >= 11 is 0. The van der Waals surface area contributed by atoms with Crippen LogP contribution in [0.2, 0.25) is 0 Å². The van der Waals surface area contributed by atoms with E-state index in [4.69, 9.17) is 4.98 Å². The Hall–Kier alpha value is -1.32. The molecule has 0 aromatic carbocycles. The first-order chi connectivity index (χ1) is 9.10. The molecule has 1 aromatic rings. The molecule has 4 nitrogen and oxygen atoms in total. The van der Waals surface area contributed by atoms with Gasteiger partial charge in [-0.15, -0.1) is 0 Å². The summed E-state index contributed by atoms with van der Waals surface area (Å²) in [7, 11) is 0. The zero-order valence-corrected chi connectivity index (χ0v) is 11.5. The van der Waals surface area contributed by atoms with Crippen molar-refractivity contribution in [1.82, 2.24) is 9.97 Å². The maximum absolute atomic E-state index is 11.3. The molecule has 104 valence electrons. The Morgan fingerprint density at radius 1 is 1.32 bits per heavy atom. The van der Waals surface area contributed by atoms with Crippen molar-refractivity contribution in [2.45, 2.75) is 69.6 Å². The fourth-order valence-corrected chi connectivity index (χ4v) is 3.62. The van der Waals surface area contributed by atoms with Gasteiger partial charge >= 0.3 is 5.97 Å². The number of aryl methyl sites for hydroxylation is 1. The molecule has 1 aromatic heterocycles. The molecular formula is C15H22N2O2. The number of carboxylic acids is 1. The first-order valence-corrected chi connectivity index (χ1v) is 7.42. The van der Waals surface area contributed by atoms with E-state index >= 15 is 0 Å². The third-order valence-corrected chi connectivity index (χ3v) is 4.89. The van der Waals surface area contributed by atoms with Crippen LogP contribution in [-0.2, 0) is 16.6 Å². The van der Waals surface area contributed by atoms with Crippen LogP contribution in [0.25, 0.3) is 0 Å². The molecule has 1 atom stereocenters. The molecule has 1 fully saturated rings. The van der Waals surface area contributed by atoms with E-state index in [1.165, 1.54) is 19.3 Å². The van der Waals surface area contributed by atoms with Crippen molar-refractivity contribution in [2.24, 2.45) is 0 Å². The number of H-pyrrole nitrogens is 1. The van der Waals surface area contributed by atoms with Crippen molar-refractivity contribution in [3.05, 3.63) is 17.2 Å². The number of rotatable bonds is 2. The molecule has 19 heavy (non-hydrogen) atoms. The fraction of sp³-hybridized carbons (Fsp3) is 0.733. The molecule has 1 unspecified atom stereocenters. The zero-order chi connectivity index (χ0) is 13.5. The highest BCUT2D eigenvalue weighted by molar-refractivity contribution is 5.76. The maximum Gasteiger partial charge on any atom is 0.312 e. The number of aromatic amines is 1. The number of carbonyl (C=O) groups is 1. The summed E-state index contributed by atoms with van der Waals surface area (Å²) in [6, 6.07) is 0. The topological polar surface area (TPSA) is 66.0 Å². The van der Waals surface area contributed by atoms with Gasteiger partial charge in [0.25, 0.3) is 0 Å². The van der Waals surface area contributed by atoms with Gasteiger partial charge in [-0.05, 0) is 32.1 Å². The highest BCUT2D eigenvalue weighted by atomic mass is 16.4. The highest BCUT2D eigenvalue weighted by Gasteiger charge is 2.36. The van der Waals surface area contributed by atoms with Crippen LogP contribution in [0.15, 0.2) is 0 Å². The lowest BCUT2D eigenvalue weighted by molar-refractivity contribution is -0.139. The third-order valence-electron chi connectivity index (χ3n) is 4.89. The van der Waals surface area contributed by atoms with Crippen LogP contribution < -0.4 is 0 Å². The number of carboxylic acid groups (broad SMARTS) is 1. The second kappa shape index (κ2) is 4.66. The Kier molecular flexibility index (Phi) is 3.11. The van der Waals surface area contributed by atoms with E-state index < -0.39 is 11.9 Å². The monoisotopic (exact) mass is 262 g/mol. The number of fused-ring (bicyclic) bond motifs is 1. The number of aliphatic carboxylic acids is 1. The van der Waals surface area contributed by atoms with Gasteiger partial charge in [-0.2, -0.15) is 0 Å². The van der Waals surface area contributed by atoms with Crippen LogP contribution >= 0.6 is 0 Å². The molecule has 2 aliphatic carbocycles. The molecule has 2 N–H and O–H groups in total. The minimum Gasteiger partial charge on any atom is -0.481 e. The quantitative estimate of drug-likeness (QED) is 0.860. The summed E-state index contributed by atoms with van der Waals surface area (Å²) in [5.74, 6) is -0.0981. The van der Waals surface area contributed by atoms with Gasteiger partial charge in [0.15, 0.2) is 0 Å². The van der Waals surface area contributed by atoms with Crippen molar-refractivity contribution in [3.63, 3.8) is 0 Å². The molecule has 0 bridgehead atoms. The Morgan fingerprint density at radius 3 is 2.74 bits per heavy atom. The van der Waals surface area contributed by atoms with Gasteiger partial charge in [0.05, 0.1) is 5.69 Å². The number of nitrogens with one attached hydrogen (secondary N) is 1. The average Bonchev–Trinajstić information content (AvgIpc) is 2.83. The van der Waals surface area contributed by atoms with E-state index in [-0.39, 0.29) is 5.41 Å². The van der Waals surface area contributed by atoms with Crippen molar-refractivity contribution < 1.29 is 9.90 Å². The molecule has 0 aliphatic heterocycles. The molecule has 2 aliphatic rings.